The first-order valence-electron chi connectivity index (χ1n) is 3.06. The standard InChI is InChI=1S/C6H12N2O3/c1-4(9)8-6(2,11-3)5(7)10/h1-3H3,(H2,7,10)(H,8,9). The second-order valence-corrected chi connectivity index (χ2v) is 2.28. The molecule has 0 saturated heterocycles. The molecule has 5 nitrogen and oxygen atoms in total. The Hall–Kier alpha value is -1.10. The molecule has 0 saturated carbocycles. The zero-order valence-corrected chi connectivity index (χ0v) is 6.80. The molecular weight excluding hydrogens is 148 g/mol. The molecule has 3 N–H and O–H groups in total. The highest BCUT2D eigenvalue weighted by Crippen LogP contribution is 2.01. The number of carbonyl (C=O) groups excluding carboxylic acids is 2. The lowest BCUT2D eigenvalue weighted by Crippen LogP contribution is -2.56. The van der Waals surface area contributed by atoms with Crippen molar-refractivity contribution in [2.24, 2.45) is 5.73 Å². The molecule has 0 fully saturated rings. The molecule has 0 bridgehead atoms. The van der Waals surface area contributed by atoms with E-state index in [0.29, 0.717) is 0 Å². The number of methoxy groups -OCH3 is 1. The summed E-state index contributed by atoms with van der Waals surface area (Å²) in [5.74, 6) is -1.09. The van der Waals surface area contributed by atoms with Gasteiger partial charge in [-0.3, -0.25) is 9.59 Å². The third-order valence-electron chi connectivity index (χ3n) is 1.29. The third-order valence-corrected chi connectivity index (χ3v) is 1.29. The van der Waals surface area contributed by atoms with Gasteiger partial charge in [0.1, 0.15) is 0 Å². The van der Waals surface area contributed by atoms with Crippen LogP contribution in [-0.2, 0) is 14.3 Å². The first-order chi connectivity index (χ1) is 4.92. The summed E-state index contributed by atoms with van der Waals surface area (Å²) in [5, 5.41) is 2.27. The van der Waals surface area contributed by atoms with Gasteiger partial charge in [-0.05, 0) is 6.92 Å². The third kappa shape index (κ3) is 2.55. The number of primary amides is 1. The number of ether oxygens (including phenoxy) is 1. The number of carbonyl (C=O) groups is 2. The largest absolute Gasteiger partial charge is 0.365 e. The van der Waals surface area contributed by atoms with Crippen LogP contribution in [0.3, 0.4) is 0 Å². The summed E-state index contributed by atoms with van der Waals surface area (Å²) in [6.45, 7) is 2.66. The summed E-state index contributed by atoms with van der Waals surface area (Å²) in [5.41, 5.74) is 3.55. The van der Waals surface area contributed by atoms with E-state index in [1.54, 1.807) is 0 Å². The van der Waals surface area contributed by atoms with Crippen LogP contribution in [0.15, 0.2) is 0 Å². The summed E-state index contributed by atoms with van der Waals surface area (Å²) >= 11 is 0. The topological polar surface area (TPSA) is 81.4 Å². The molecule has 0 spiro atoms. The first-order valence-corrected chi connectivity index (χ1v) is 3.06. The fraction of sp³-hybridized carbons (Fsp3) is 0.667. The van der Waals surface area contributed by atoms with E-state index in [1.807, 2.05) is 0 Å². The van der Waals surface area contributed by atoms with Crippen LogP contribution >= 0.6 is 0 Å². The predicted octanol–water partition coefficient (Wildman–Crippen LogP) is -1.03. The fourth-order valence-electron chi connectivity index (χ4n) is 0.549. The van der Waals surface area contributed by atoms with E-state index >= 15 is 0 Å². The van der Waals surface area contributed by atoms with Gasteiger partial charge in [0.15, 0.2) is 0 Å². The Balaban J connectivity index is 4.34. The summed E-state index contributed by atoms with van der Waals surface area (Å²) in [6, 6.07) is 0. The molecule has 5 heteroatoms. The van der Waals surface area contributed by atoms with Gasteiger partial charge in [0, 0.05) is 14.0 Å². The molecule has 64 valence electrons. The van der Waals surface area contributed by atoms with Crippen molar-refractivity contribution < 1.29 is 14.3 Å². The molecule has 0 aliphatic rings. The van der Waals surface area contributed by atoms with Crippen LogP contribution in [0.25, 0.3) is 0 Å². The molecule has 0 aliphatic carbocycles. The molecule has 0 rings (SSSR count). The monoisotopic (exact) mass is 160 g/mol. The number of hydrogen-bond acceptors (Lipinski definition) is 3. The van der Waals surface area contributed by atoms with Crippen LogP contribution in [0.2, 0.25) is 0 Å². The SMILES string of the molecule is COC(C)(NC(C)=O)C(N)=O. The first kappa shape index (κ1) is 9.90. The van der Waals surface area contributed by atoms with Crippen molar-refractivity contribution in [2.75, 3.05) is 7.11 Å². The van der Waals surface area contributed by atoms with E-state index < -0.39 is 11.6 Å². The van der Waals surface area contributed by atoms with Crippen molar-refractivity contribution in [1.82, 2.24) is 5.32 Å². The zero-order valence-electron chi connectivity index (χ0n) is 6.80. The maximum Gasteiger partial charge on any atom is 0.270 e. The Bertz CT molecular complexity index is 181. The quantitative estimate of drug-likeness (QED) is 0.518. The molecule has 11 heavy (non-hydrogen) atoms. The minimum Gasteiger partial charge on any atom is -0.365 e. The Morgan fingerprint density at radius 2 is 2.00 bits per heavy atom. The van der Waals surface area contributed by atoms with E-state index in [-0.39, 0.29) is 5.91 Å². The van der Waals surface area contributed by atoms with Gasteiger partial charge in [-0.15, -0.1) is 0 Å². The van der Waals surface area contributed by atoms with Gasteiger partial charge in [0.2, 0.25) is 11.6 Å². The summed E-state index contributed by atoms with van der Waals surface area (Å²) < 4.78 is 4.70. The highest BCUT2D eigenvalue weighted by Gasteiger charge is 2.31. The molecular formula is C6H12N2O3. The van der Waals surface area contributed by atoms with Crippen LogP contribution in [0.1, 0.15) is 13.8 Å². The van der Waals surface area contributed by atoms with Crippen molar-refractivity contribution in [3.63, 3.8) is 0 Å². The number of rotatable bonds is 3. The van der Waals surface area contributed by atoms with Crippen LogP contribution in [0.5, 0.6) is 0 Å². The Morgan fingerprint density at radius 3 is 2.09 bits per heavy atom. The van der Waals surface area contributed by atoms with Gasteiger partial charge < -0.3 is 15.8 Å². The number of hydrogen-bond donors (Lipinski definition) is 2. The van der Waals surface area contributed by atoms with Gasteiger partial charge in [0.25, 0.3) is 5.91 Å². The van der Waals surface area contributed by atoms with E-state index in [4.69, 9.17) is 10.5 Å². The summed E-state index contributed by atoms with van der Waals surface area (Å²) in [6.07, 6.45) is 0. The molecule has 0 aliphatic heterocycles. The predicted molar refractivity (Wildman–Crippen MR) is 38.4 cm³/mol. The lowest BCUT2D eigenvalue weighted by atomic mass is 10.2. The number of nitrogens with two attached hydrogens (primary N) is 1. The van der Waals surface area contributed by atoms with Crippen molar-refractivity contribution in [1.29, 1.82) is 0 Å². The Morgan fingerprint density at radius 1 is 1.55 bits per heavy atom. The van der Waals surface area contributed by atoms with Gasteiger partial charge >= 0.3 is 0 Å². The van der Waals surface area contributed by atoms with E-state index in [0.717, 1.165) is 0 Å². The van der Waals surface area contributed by atoms with Crippen LogP contribution < -0.4 is 11.1 Å². The minimum absolute atomic E-state index is 0.367. The van der Waals surface area contributed by atoms with Crippen molar-refractivity contribution in [3.8, 4) is 0 Å². The van der Waals surface area contributed by atoms with Gasteiger partial charge in [-0.25, -0.2) is 0 Å². The molecule has 0 heterocycles. The minimum atomic E-state index is -1.40. The van der Waals surface area contributed by atoms with Crippen LogP contribution in [0.4, 0.5) is 0 Å². The highest BCUT2D eigenvalue weighted by atomic mass is 16.5. The van der Waals surface area contributed by atoms with E-state index in [9.17, 15) is 9.59 Å². The summed E-state index contributed by atoms with van der Waals surface area (Å²) in [7, 11) is 1.29. The smallest absolute Gasteiger partial charge is 0.270 e. The van der Waals surface area contributed by atoms with Crippen LogP contribution in [0, 0.1) is 0 Å². The van der Waals surface area contributed by atoms with Crippen LogP contribution in [-0.4, -0.2) is 24.6 Å². The highest BCUT2D eigenvalue weighted by molar-refractivity contribution is 5.87. The molecule has 0 radical (unpaired) electrons. The number of nitrogens with one attached hydrogen (secondary N) is 1. The molecule has 1 unspecified atom stereocenters. The summed E-state index contributed by atoms with van der Waals surface area (Å²) in [4.78, 5) is 21.2. The van der Waals surface area contributed by atoms with E-state index in [2.05, 4.69) is 5.32 Å². The molecule has 0 aromatic rings. The fourth-order valence-corrected chi connectivity index (χ4v) is 0.549. The maximum absolute atomic E-state index is 10.7. The second-order valence-electron chi connectivity index (χ2n) is 2.28. The normalized spacial score (nSPS) is 15.2. The lowest BCUT2D eigenvalue weighted by Gasteiger charge is -2.24. The molecule has 1 atom stereocenters. The Labute approximate surface area is 64.9 Å². The van der Waals surface area contributed by atoms with Crippen molar-refractivity contribution in [2.45, 2.75) is 19.6 Å². The Kier molecular flexibility index (Phi) is 3.00. The van der Waals surface area contributed by atoms with Gasteiger partial charge in [-0.1, -0.05) is 0 Å². The maximum atomic E-state index is 10.7. The average molecular weight is 160 g/mol. The zero-order chi connectivity index (χ0) is 9.07. The average Bonchev–Trinajstić information content (AvgIpc) is 1.86. The van der Waals surface area contributed by atoms with E-state index in [1.165, 1.54) is 21.0 Å². The second kappa shape index (κ2) is 3.34. The molecule has 2 amide bonds. The van der Waals surface area contributed by atoms with Gasteiger partial charge in [0.05, 0.1) is 0 Å². The van der Waals surface area contributed by atoms with Crippen molar-refractivity contribution in [3.05, 3.63) is 0 Å². The number of amides is 2. The van der Waals surface area contributed by atoms with Gasteiger partial charge in [-0.2, -0.15) is 0 Å². The molecule has 0 aromatic heterocycles. The van der Waals surface area contributed by atoms with Crippen molar-refractivity contribution >= 4 is 11.8 Å². The molecule has 0 aromatic carbocycles. The lowest BCUT2D eigenvalue weighted by molar-refractivity contribution is -0.147.